The highest BCUT2D eigenvalue weighted by atomic mass is 16.8. The molecule has 1 unspecified atom stereocenters. The molecular formula is C19H30N4O5. The molecule has 0 saturated carbocycles. The number of amides is 3. The van der Waals surface area contributed by atoms with Gasteiger partial charge >= 0.3 is 5.97 Å². The van der Waals surface area contributed by atoms with Gasteiger partial charge in [0.1, 0.15) is 0 Å². The summed E-state index contributed by atoms with van der Waals surface area (Å²) < 4.78 is 0. The second kappa shape index (κ2) is 10.2. The van der Waals surface area contributed by atoms with Crippen molar-refractivity contribution >= 4 is 23.7 Å². The van der Waals surface area contributed by atoms with Crippen LogP contribution in [0.4, 0.5) is 0 Å². The third kappa shape index (κ3) is 6.05. The van der Waals surface area contributed by atoms with Crippen molar-refractivity contribution in [3.63, 3.8) is 0 Å². The van der Waals surface area contributed by atoms with Crippen LogP contribution >= 0.6 is 0 Å². The van der Waals surface area contributed by atoms with Gasteiger partial charge in [-0.2, -0.15) is 0 Å². The van der Waals surface area contributed by atoms with Crippen LogP contribution in [0, 0.1) is 0 Å². The number of hydroxylamine groups is 2. The first-order chi connectivity index (χ1) is 13.3. The minimum absolute atomic E-state index is 0.0434. The molecule has 0 aliphatic carbocycles. The number of allylic oxidation sites excluding steroid dienone is 1. The van der Waals surface area contributed by atoms with Crippen molar-refractivity contribution in [1.82, 2.24) is 20.6 Å². The number of carbonyl (C=O) groups is 4. The van der Waals surface area contributed by atoms with Crippen LogP contribution in [0.25, 0.3) is 0 Å². The third-order valence-electron chi connectivity index (χ3n) is 4.90. The number of likely N-dealkylation sites (tertiary alicyclic amines) is 1. The van der Waals surface area contributed by atoms with Crippen molar-refractivity contribution in [2.75, 3.05) is 19.6 Å². The Labute approximate surface area is 165 Å². The van der Waals surface area contributed by atoms with Gasteiger partial charge in [-0.1, -0.05) is 6.58 Å². The number of nitrogens with zero attached hydrogens (tertiary/aromatic N) is 2. The van der Waals surface area contributed by atoms with Gasteiger partial charge in [-0.3, -0.25) is 19.3 Å². The van der Waals surface area contributed by atoms with Gasteiger partial charge in [0.25, 0.3) is 5.91 Å². The van der Waals surface area contributed by atoms with Crippen LogP contribution in [-0.2, 0) is 24.0 Å². The average Bonchev–Trinajstić information content (AvgIpc) is 3.24. The van der Waals surface area contributed by atoms with E-state index in [4.69, 9.17) is 4.84 Å². The second-order valence-corrected chi connectivity index (χ2v) is 7.35. The van der Waals surface area contributed by atoms with Gasteiger partial charge in [0.2, 0.25) is 11.8 Å². The summed E-state index contributed by atoms with van der Waals surface area (Å²) in [5.41, 5.74) is 0.455. The van der Waals surface area contributed by atoms with Gasteiger partial charge in [-0.05, 0) is 39.7 Å². The molecule has 3 amide bonds. The summed E-state index contributed by atoms with van der Waals surface area (Å²) in [5, 5.41) is 6.33. The van der Waals surface area contributed by atoms with E-state index in [1.54, 1.807) is 0 Å². The quantitative estimate of drug-likeness (QED) is 0.428. The lowest BCUT2D eigenvalue weighted by Crippen LogP contribution is -2.46. The first-order valence-corrected chi connectivity index (χ1v) is 9.81. The monoisotopic (exact) mass is 403 g/mol. The summed E-state index contributed by atoms with van der Waals surface area (Å²) in [7, 11) is 0. The predicted octanol–water partition coefficient (Wildman–Crippen LogP) is 0.466. The zero-order valence-corrected chi connectivity index (χ0v) is 16.7. The highest BCUT2D eigenvalue weighted by molar-refractivity contribution is 5.83. The van der Waals surface area contributed by atoms with Crippen LogP contribution < -0.4 is 10.6 Å². The molecule has 9 nitrogen and oxygen atoms in total. The van der Waals surface area contributed by atoms with Crippen LogP contribution in [0.2, 0.25) is 0 Å². The number of rotatable bonds is 9. The van der Waals surface area contributed by atoms with E-state index < -0.39 is 5.97 Å². The summed E-state index contributed by atoms with van der Waals surface area (Å²) in [4.78, 5) is 54.5. The van der Waals surface area contributed by atoms with Crippen molar-refractivity contribution in [2.24, 2.45) is 0 Å². The van der Waals surface area contributed by atoms with Crippen molar-refractivity contribution in [3.05, 3.63) is 12.3 Å². The zero-order chi connectivity index (χ0) is 20.7. The number of carbonyl (C=O) groups excluding carboxylic acids is 4. The molecule has 2 aliphatic heterocycles. The van der Waals surface area contributed by atoms with Gasteiger partial charge in [0.05, 0.1) is 18.2 Å². The van der Waals surface area contributed by atoms with E-state index in [-0.39, 0.29) is 56.1 Å². The number of hydrogen-bond donors (Lipinski definition) is 2. The summed E-state index contributed by atoms with van der Waals surface area (Å²) in [6.07, 6.45) is 2.68. The molecule has 2 heterocycles. The van der Waals surface area contributed by atoms with Gasteiger partial charge in [-0.25, -0.2) is 4.79 Å². The number of hydrogen-bond acceptors (Lipinski definition) is 6. The fourth-order valence-electron chi connectivity index (χ4n) is 3.39. The molecule has 0 spiro atoms. The maximum atomic E-state index is 12.3. The molecule has 9 heteroatoms. The highest BCUT2D eigenvalue weighted by Crippen LogP contribution is 2.21. The van der Waals surface area contributed by atoms with Crippen LogP contribution in [0.15, 0.2) is 12.3 Å². The first kappa shape index (κ1) is 21.9. The Morgan fingerprint density at radius 2 is 1.89 bits per heavy atom. The van der Waals surface area contributed by atoms with E-state index in [0.29, 0.717) is 18.2 Å². The smallest absolute Gasteiger partial charge is 0.334 e. The van der Waals surface area contributed by atoms with Crippen LogP contribution in [-0.4, -0.2) is 65.4 Å². The minimum Gasteiger partial charge on any atom is -0.355 e. The minimum atomic E-state index is -0.611. The Morgan fingerprint density at radius 3 is 2.54 bits per heavy atom. The lowest BCUT2D eigenvalue weighted by molar-refractivity contribution is -0.186. The standard InChI is InChI=1S/C19H30N4O5/c1-13(2)22-12-4-5-15(22)19(27)21-10-8-16(24)20-11-9-18(26)28-23-14(3)6-7-17(23)25/h13,15H,3-12H2,1-2H3,(H,20,24)(H,21,27)/i1+1,2+1,8+1,9+1,11+1,16+1,18+1,20+1,22+1. The Hall–Kier alpha value is -2.42. The number of nitrogens with one attached hydrogen (secondary N) is 2. The molecule has 156 valence electrons. The largest absolute Gasteiger partial charge is 0.355 e. The Morgan fingerprint density at radius 1 is 1.18 bits per heavy atom. The van der Waals surface area contributed by atoms with Crippen molar-refractivity contribution in [2.45, 2.75) is 64.5 Å². The summed E-state index contributed by atoms with van der Waals surface area (Å²) in [5.74, 6) is -1.21. The van der Waals surface area contributed by atoms with Gasteiger partial charge < -0.3 is 15.5 Å². The van der Waals surface area contributed by atoms with E-state index in [1.165, 1.54) is 0 Å². The predicted molar refractivity (Wildman–Crippen MR) is 101 cm³/mol. The van der Waals surface area contributed by atoms with Crippen molar-refractivity contribution in [3.8, 4) is 0 Å². The summed E-state index contributed by atoms with van der Waals surface area (Å²) in [6, 6.07) is 0.190. The Balaban J connectivity index is 1.58. The maximum absolute atomic E-state index is 12.3. The molecule has 1 atom stereocenters. The topological polar surface area (TPSA) is 108 Å². The van der Waals surface area contributed by atoms with Crippen LogP contribution in [0.5, 0.6) is 0 Å². The molecular weight excluding hydrogens is 373 g/mol. The van der Waals surface area contributed by atoms with Crippen LogP contribution in [0.3, 0.4) is 0 Å². The second-order valence-electron chi connectivity index (χ2n) is 7.35. The highest BCUT2D eigenvalue weighted by Gasteiger charge is 2.32. The Kier molecular flexibility index (Phi) is 7.98. The van der Waals surface area contributed by atoms with E-state index in [1.807, 2.05) is 0 Å². The molecule has 0 aromatic rings. The molecule has 0 aromatic carbocycles. The summed E-state index contributed by atoms with van der Waals surface area (Å²) in [6.45, 7) is 9.07. The lowest BCUT2D eigenvalue weighted by atomic mass is 10.2. The summed E-state index contributed by atoms with van der Waals surface area (Å²) >= 11 is 0. The third-order valence-corrected chi connectivity index (χ3v) is 4.90. The average molecular weight is 403 g/mol. The van der Waals surface area contributed by atoms with Gasteiger partial charge in [-0.15, -0.1) is 5.06 Å². The van der Waals surface area contributed by atoms with Crippen molar-refractivity contribution < 1.29 is 24.0 Å². The van der Waals surface area contributed by atoms with Crippen molar-refractivity contribution in [1.29, 1.82) is 0 Å². The normalized spacial score (nSPS) is 20.0. The van der Waals surface area contributed by atoms with E-state index in [9.17, 15) is 19.2 Å². The van der Waals surface area contributed by atoms with E-state index in [0.717, 1.165) is 24.4 Å². The molecule has 0 radical (unpaired) electrons. The molecule has 2 saturated heterocycles. The maximum Gasteiger partial charge on any atom is 0.334 e. The fraction of sp³-hybridized carbons (Fsp3) is 0.684. The molecule has 2 N–H and O–H groups in total. The zero-order valence-electron chi connectivity index (χ0n) is 16.7. The van der Waals surface area contributed by atoms with E-state index >= 15 is 0 Å². The molecule has 0 bridgehead atoms. The van der Waals surface area contributed by atoms with Gasteiger partial charge in [0.15, 0.2) is 0 Å². The first-order valence-electron chi connectivity index (χ1n) is 9.81. The molecule has 2 aliphatic rings. The van der Waals surface area contributed by atoms with Crippen LogP contribution in [0.1, 0.15) is 52.4 Å². The Bertz CT molecular complexity index is 618. The molecule has 0 aromatic heterocycles. The van der Waals surface area contributed by atoms with Gasteiger partial charge in [0, 0.05) is 32.0 Å². The SMILES string of the molecule is C=C1CCC(=O)N1O[13C](=O)[13CH2][13CH2][15NH][13C](=O)[13CH2]CNC(=O)C1CCC[15N]1C([13CH3])[13CH3]. The van der Waals surface area contributed by atoms with E-state index in [2.05, 4.69) is 36.0 Å². The molecule has 28 heavy (non-hydrogen) atoms. The lowest BCUT2D eigenvalue weighted by Gasteiger charge is -2.27. The molecule has 2 fully saturated rings. The fourth-order valence-corrected chi connectivity index (χ4v) is 3.39. The molecule has 2 rings (SSSR count).